The number of carbonyl (C=O) groups is 2. The van der Waals surface area contributed by atoms with Crippen molar-refractivity contribution in [3.63, 3.8) is 0 Å². The van der Waals surface area contributed by atoms with Crippen molar-refractivity contribution < 1.29 is 14.3 Å². The van der Waals surface area contributed by atoms with E-state index in [0.717, 1.165) is 11.3 Å². The topological polar surface area (TPSA) is 48.3 Å². The van der Waals surface area contributed by atoms with Crippen LogP contribution in [0.4, 0.5) is 0 Å². The molecule has 0 N–H and O–H groups in total. The molecule has 0 bridgehead atoms. The summed E-state index contributed by atoms with van der Waals surface area (Å²) in [5.74, 6) is 0.0434. The molecule has 1 aromatic heterocycles. The summed E-state index contributed by atoms with van der Waals surface area (Å²) < 4.78 is 6.76. The summed E-state index contributed by atoms with van der Waals surface area (Å²) in [6, 6.07) is 6.82. The molecular formula is C15H12ClNO3. The average molecular weight is 290 g/mol. The number of halogens is 1. The standard InChI is InChI=1S/C15H12ClNO3/c1-8-3-4-9(5-10(8)16)15(19)12-6-13-11(17(12)2)7-14(18)20-13/h3-6H,7H2,1-2H3. The fourth-order valence-electron chi connectivity index (χ4n) is 2.30. The Morgan fingerprint density at radius 1 is 1.35 bits per heavy atom. The molecule has 0 radical (unpaired) electrons. The monoisotopic (exact) mass is 289 g/mol. The average Bonchev–Trinajstić information content (AvgIpc) is 2.91. The van der Waals surface area contributed by atoms with Crippen LogP contribution < -0.4 is 4.74 Å². The van der Waals surface area contributed by atoms with Crippen molar-refractivity contribution in [1.29, 1.82) is 0 Å². The quantitative estimate of drug-likeness (QED) is 0.631. The number of benzene rings is 1. The molecule has 5 heteroatoms. The second kappa shape index (κ2) is 4.49. The fourth-order valence-corrected chi connectivity index (χ4v) is 2.48. The Hall–Kier alpha value is -2.07. The van der Waals surface area contributed by atoms with E-state index >= 15 is 0 Å². The van der Waals surface area contributed by atoms with E-state index in [1.54, 1.807) is 29.8 Å². The molecule has 0 amide bonds. The Morgan fingerprint density at radius 3 is 2.75 bits per heavy atom. The number of aryl methyl sites for hydroxylation is 1. The van der Waals surface area contributed by atoms with Gasteiger partial charge in [-0.15, -0.1) is 0 Å². The molecule has 2 heterocycles. The summed E-state index contributed by atoms with van der Waals surface area (Å²) in [5.41, 5.74) is 2.66. The number of hydrogen-bond acceptors (Lipinski definition) is 3. The van der Waals surface area contributed by atoms with Crippen molar-refractivity contribution in [2.75, 3.05) is 0 Å². The van der Waals surface area contributed by atoms with Gasteiger partial charge in [-0.25, -0.2) is 0 Å². The molecule has 2 aromatic rings. The van der Waals surface area contributed by atoms with Crippen molar-refractivity contribution in [3.8, 4) is 5.75 Å². The number of rotatable bonds is 2. The smallest absolute Gasteiger partial charge is 0.317 e. The van der Waals surface area contributed by atoms with Crippen LogP contribution in [-0.4, -0.2) is 16.3 Å². The Kier molecular flexibility index (Phi) is 2.91. The molecule has 4 nitrogen and oxygen atoms in total. The van der Waals surface area contributed by atoms with Crippen LogP contribution in [0.1, 0.15) is 27.3 Å². The van der Waals surface area contributed by atoms with E-state index in [0.29, 0.717) is 22.0 Å². The molecule has 0 spiro atoms. The van der Waals surface area contributed by atoms with Crippen molar-refractivity contribution in [2.24, 2.45) is 7.05 Å². The van der Waals surface area contributed by atoms with E-state index in [-0.39, 0.29) is 18.2 Å². The zero-order chi connectivity index (χ0) is 14.4. The van der Waals surface area contributed by atoms with Gasteiger partial charge in [0.1, 0.15) is 0 Å². The van der Waals surface area contributed by atoms with Gasteiger partial charge in [-0.05, 0) is 18.6 Å². The van der Waals surface area contributed by atoms with Gasteiger partial charge in [-0.1, -0.05) is 23.7 Å². The SMILES string of the molecule is Cc1ccc(C(=O)c2cc3c(n2C)CC(=O)O3)cc1Cl. The van der Waals surface area contributed by atoms with Gasteiger partial charge in [0, 0.05) is 23.7 Å². The van der Waals surface area contributed by atoms with Crippen LogP contribution in [0.3, 0.4) is 0 Å². The zero-order valence-corrected chi connectivity index (χ0v) is 11.8. The Labute approximate surface area is 120 Å². The molecule has 0 atom stereocenters. The molecule has 0 saturated carbocycles. The summed E-state index contributed by atoms with van der Waals surface area (Å²) in [6.45, 7) is 1.88. The normalized spacial score (nSPS) is 13.2. The zero-order valence-electron chi connectivity index (χ0n) is 11.1. The van der Waals surface area contributed by atoms with Gasteiger partial charge < -0.3 is 9.30 Å². The first kappa shape index (κ1) is 12.9. The van der Waals surface area contributed by atoms with Crippen molar-refractivity contribution in [2.45, 2.75) is 13.3 Å². The van der Waals surface area contributed by atoms with Gasteiger partial charge in [0.2, 0.25) is 5.78 Å². The van der Waals surface area contributed by atoms with Gasteiger partial charge >= 0.3 is 5.97 Å². The van der Waals surface area contributed by atoms with Crippen molar-refractivity contribution >= 4 is 23.4 Å². The van der Waals surface area contributed by atoms with E-state index in [2.05, 4.69) is 0 Å². The predicted molar refractivity (Wildman–Crippen MR) is 74.4 cm³/mol. The minimum absolute atomic E-state index is 0.139. The lowest BCUT2D eigenvalue weighted by molar-refractivity contribution is -0.131. The lowest BCUT2D eigenvalue weighted by Gasteiger charge is -2.06. The van der Waals surface area contributed by atoms with Crippen LogP contribution in [-0.2, 0) is 18.3 Å². The van der Waals surface area contributed by atoms with Crippen molar-refractivity contribution in [1.82, 2.24) is 4.57 Å². The predicted octanol–water partition coefficient (Wildman–Crippen LogP) is 2.68. The first-order chi connectivity index (χ1) is 9.47. The first-order valence-corrected chi connectivity index (χ1v) is 6.55. The van der Waals surface area contributed by atoms with E-state index in [1.807, 2.05) is 13.0 Å². The fraction of sp³-hybridized carbons (Fsp3) is 0.200. The summed E-state index contributed by atoms with van der Waals surface area (Å²) in [7, 11) is 1.75. The number of carbonyl (C=O) groups excluding carboxylic acids is 2. The third kappa shape index (κ3) is 1.93. The molecule has 0 saturated heterocycles. The van der Waals surface area contributed by atoms with E-state index in [9.17, 15) is 9.59 Å². The summed E-state index contributed by atoms with van der Waals surface area (Å²) in [4.78, 5) is 23.7. The minimum Gasteiger partial charge on any atom is -0.424 e. The van der Waals surface area contributed by atoms with Gasteiger partial charge in [-0.2, -0.15) is 0 Å². The largest absolute Gasteiger partial charge is 0.424 e. The Morgan fingerprint density at radius 2 is 2.10 bits per heavy atom. The molecule has 1 aromatic carbocycles. The Bertz CT molecular complexity index is 746. The number of hydrogen-bond donors (Lipinski definition) is 0. The molecule has 0 fully saturated rings. The maximum Gasteiger partial charge on any atom is 0.317 e. The van der Waals surface area contributed by atoms with Crippen LogP contribution in [0.25, 0.3) is 0 Å². The number of ether oxygens (including phenoxy) is 1. The lowest BCUT2D eigenvalue weighted by Crippen LogP contribution is -2.11. The summed E-state index contributed by atoms with van der Waals surface area (Å²) >= 11 is 6.05. The second-order valence-electron chi connectivity index (χ2n) is 4.84. The summed E-state index contributed by atoms with van der Waals surface area (Å²) in [6.07, 6.45) is 0.202. The highest BCUT2D eigenvalue weighted by Gasteiger charge is 2.28. The number of ketones is 1. The molecule has 1 aliphatic heterocycles. The molecule has 20 heavy (non-hydrogen) atoms. The number of aromatic nitrogens is 1. The highest BCUT2D eigenvalue weighted by molar-refractivity contribution is 6.31. The first-order valence-electron chi connectivity index (χ1n) is 6.17. The minimum atomic E-state index is -0.289. The maximum absolute atomic E-state index is 12.5. The third-order valence-electron chi connectivity index (χ3n) is 3.52. The van der Waals surface area contributed by atoms with Crippen LogP contribution in [0, 0.1) is 6.92 Å². The van der Waals surface area contributed by atoms with E-state index in [1.165, 1.54) is 0 Å². The number of fused-ring (bicyclic) bond motifs is 1. The Balaban J connectivity index is 2.01. The van der Waals surface area contributed by atoms with E-state index in [4.69, 9.17) is 16.3 Å². The molecule has 0 aliphatic carbocycles. The number of nitrogens with zero attached hydrogens (tertiary/aromatic N) is 1. The lowest BCUT2D eigenvalue weighted by atomic mass is 10.1. The van der Waals surface area contributed by atoms with Crippen LogP contribution >= 0.6 is 11.6 Å². The van der Waals surface area contributed by atoms with Crippen LogP contribution in [0.15, 0.2) is 24.3 Å². The van der Waals surface area contributed by atoms with Crippen LogP contribution in [0.5, 0.6) is 5.75 Å². The molecule has 102 valence electrons. The highest BCUT2D eigenvalue weighted by Crippen LogP contribution is 2.30. The van der Waals surface area contributed by atoms with Gasteiger partial charge in [0.25, 0.3) is 0 Å². The van der Waals surface area contributed by atoms with Crippen LogP contribution in [0.2, 0.25) is 5.02 Å². The second-order valence-corrected chi connectivity index (χ2v) is 5.25. The highest BCUT2D eigenvalue weighted by atomic mass is 35.5. The van der Waals surface area contributed by atoms with Gasteiger partial charge in [0.05, 0.1) is 17.8 Å². The molecule has 1 aliphatic rings. The molecule has 0 unspecified atom stereocenters. The third-order valence-corrected chi connectivity index (χ3v) is 3.93. The summed E-state index contributed by atoms with van der Waals surface area (Å²) in [5, 5.41) is 0.559. The molecular weight excluding hydrogens is 278 g/mol. The molecule has 3 rings (SSSR count). The van der Waals surface area contributed by atoms with E-state index < -0.39 is 0 Å². The van der Waals surface area contributed by atoms with Crippen molar-refractivity contribution in [3.05, 3.63) is 51.8 Å². The van der Waals surface area contributed by atoms with Gasteiger partial charge in [0.15, 0.2) is 5.75 Å². The maximum atomic E-state index is 12.5. The van der Waals surface area contributed by atoms with Gasteiger partial charge in [-0.3, -0.25) is 9.59 Å². The number of esters is 1.